The Morgan fingerprint density at radius 1 is 1.33 bits per heavy atom. The number of imidazole rings is 1. The zero-order valence-electron chi connectivity index (χ0n) is 11.4. The molecule has 2 rings (SSSR count). The van der Waals surface area contributed by atoms with Crippen molar-refractivity contribution in [2.45, 2.75) is 32.8 Å². The lowest BCUT2D eigenvalue weighted by Gasteiger charge is -2.13. The second-order valence-electron chi connectivity index (χ2n) is 4.69. The number of fused-ring (bicyclic) bond motifs is 1. The first kappa shape index (κ1) is 13.4. The molecule has 100 valence electrons. The minimum absolute atomic E-state index is 0.436. The molecule has 0 fully saturated rings. The van der Waals surface area contributed by atoms with Gasteiger partial charge in [0.05, 0.1) is 11.6 Å². The van der Waals surface area contributed by atoms with Crippen LogP contribution in [0.25, 0.3) is 11.2 Å². The molecule has 0 aliphatic rings. The van der Waals surface area contributed by atoms with Gasteiger partial charge >= 0.3 is 0 Å². The highest BCUT2D eigenvalue weighted by atomic mass is 35.5. The molecule has 0 aliphatic heterocycles. The highest BCUT2D eigenvalue weighted by Crippen LogP contribution is 2.20. The molecule has 18 heavy (non-hydrogen) atoms. The summed E-state index contributed by atoms with van der Waals surface area (Å²) in [6.45, 7) is 6.78. The summed E-state index contributed by atoms with van der Waals surface area (Å²) in [5.41, 5.74) is 3.04. The van der Waals surface area contributed by atoms with Crippen LogP contribution in [-0.4, -0.2) is 44.9 Å². The van der Waals surface area contributed by atoms with Crippen LogP contribution in [0.1, 0.15) is 18.4 Å². The summed E-state index contributed by atoms with van der Waals surface area (Å²) >= 11 is 6.00. The van der Waals surface area contributed by atoms with Gasteiger partial charge in [0.15, 0.2) is 5.65 Å². The standard InChI is InChI=1S/C12H20ClN5/c1-5-18-12-11(9(2)15-18)14-10(8-13)17(12)7-6-16(3)4/h5-8H2,1-4H3. The fourth-order valence-corrected chi connectivity index (χ4v) is 2.33. The van der Waals surface area contributed by atoms with Gasteiger partial charge in [-0.05, 0) is 27.9 Å². The molecule has 0 atom stereocenters. The molecule has 0 saturated carbocycles. The summed E-state index contributed by atoms with van der Waals surface area (Å²) in [5.74, 6) is 1.36. The largest absolute Gasteiger partial charge is 0.311 e. The molecule has 0 aromatic carbocycles. The van der Waals surface area contributed by atoms with Crippen molar-refractivity contribution in [2.75, 3.05) is 20.6 Å². The van der Waals surface area contributed by atoms with Gasteiger partial charge in [-0.2, -0.15) is 5.10 Å². The van der Waals surface area contributed by atoms with Crippen molar-refractivity contribution in [3.8, 4) is 0 Å². The molecule has 0 amide bonds. The van der Waals surface area contributed by atoms with Gasteiger partial charge in [0.1, 0.15) is 11.3 Å². The van der Waals surface area contributed by atoms with Crippen LogP contribution < -0.4 is 0 Å². The van der Waals surface area contributed by atoms with Crippen LogP contribution in [-0.2, 0) is 19.0 Å². The number of aryl methyl sites for hydroxylation is 2. The average Bonchev–Trinajstić information content (AvgIpc) is 2.84. The van der Waals surface area contributed by atoms with Crippen LogP contribution in [0.4, 0.5) is 0 Å². The maximum atomic E-state index is 6.00. The quantitative estimate of drug-likeness (QED) is 0.778. The Morgan fingerprint density at radius 2 is 2.06 bits per heavy atom. The number of aromatic nitrogens is 4. The molecule has 0 bridgehead atoms. The van der Waals surface area contributed by atoms with E-state index in [2.05, 4.69) is 40.6 Å². The Morgan fingerprint density at radius 3 is 2.61 bits per heavy atom. The third-order valence-electron chi connectivity index (χ3n) is 3.07. The number of hydrogen-bond donors (Lipinski definition) is 0. The number of nitrogens with zero attached hydrogens (tertiary/aromatic N) is 5. The number of hydrogen-bond acceptors (Lipinski definition) is 3. The van der Waals surface area contributed by atoms with Crippen LogP contribution in [0.15, 0.2) is 0 Å². The molecule has 0 unspecified atom stereocenters. The summed E-state index contributed by atoms with van der Waals surface area (Å²) in [7, 11) is 4.13. The SMILES string of the molecule is CCn1nc(C)c2nc(CCl)n(CCN(C)C)c21. The van der Waals surface area contributed by atoms with Crippen LogP contribution >= 0.6 is 11.6 Å². The summed E-state index contributed by atoms with van der Waals surface area (Å²) in [6, 6.07) is 0. The monoisotopic (exact) mass is 269 g/mol. The highest BCUT2D eigenvalue weighted by molar-refractivity contribution is 6.16. The van der Waals surface area contributed by atoms with E-state index in [1.165, 1.54) is 0 Å². The molecule has 0 spiro atoms. The van der Waals surface area contributed by atoms with E-state index in [0.717, 1.165) is 42.3 Å². The van der Waals surface area contributed by atoms with Gasteiger partial charge < -0.3 is 9.47 Å². The predicted molar refractivity (Wildman–Crippen MR) is 74.0 cm³/mol. The Balaban J connectivity index is 2.52. The highest BCUT2D eigenvalue weighted by Gasteiger charge is 2.17. The Kier molecular flexibility index (Phi) is 3.92. The molecule has 5 nitrogen and oxygen atoms in total. The van der Waals surface area contributed by atoms with Crippen LogP contribution in [0.5, 0.6) is 0 Å². The third kappa shape index (κ3) is 2.24. The van der Waals surface area contributed by atoms with Crippen LogP contribution in [0, 0.1) is 6.92 Å². The summed E-state index contributed by atoms with van der Waals surface area (Å²) < 4.78 is 4.19. The summed E-state index contributed by atoms with van der Waals surface area (Å²) in [5, 5.41) is 4.51. The first-order valence-corrected chi connectivity index (χ1v) is 6.75. The lowest BCUT2D eigenvalue weighted by atomic mass is 10.4. The number of halogens is 1. The Bertz CT molecular complexity index is 540. The maximum absolute atomic E-state index is 6.00. The van der Waals surface area contributed by atoms with E-state index in [4.69, 9.17) is 11.6 Å². The van der Waals surface area contributed by atoms with E-state index in [0.29, 0.717) is 5.88 Å². The van der Waals surface area contributed by atoms with E-state index in [-0.39, 0.29) is 0 Å². The lowest BCUT2D eigenvalue weighted by Crippen LogP contribution is -2.20. The second-order valence-corrected chi connectivity index (χ2v) is 4.96. The zero-order chi connectivity index (χ0) is 13.3. The Hall–Kier alpha value is -1.07. The predicted octanol–water partition coefficient (Wildman–Crippen LogP) is 1.86. The van der Waals surface area contributed by atoms with Gasteiger partial charge in [-0.1, -0.05) is 0 Å². The lowest BCUT2D eigenvalue weighted by molar-refractivity contribution is 0.382. The molecule has 0 saturated heterocycles. The zero-order valence-corrected chi connectivity index (χ0v) is 12.2. The summed E-state index contributed by atoms with van der Waals surface area (Å²) in [6.07, 6.45) is 0. The van der Waals surface area contributed by atoms with Crippen molar-refractivity contribution in [1.82, 2.24) is 24.2 Å². The van der Waals surface area contributed by atoms with Gasteiger partial charge in [-0.15, -0.1) is 11.6 Å². The topological polar surface area (TPSA) is 38.9 Å². The van der Waals surface area contributed by atoms with E-state index in [1.54, 1.807) is 0 Å². The van der Waals surface area contributed by atoms with Crippen LogP contribution in [0.2, 0.25) is 0 Å². The molecule has 0 aliphatic carbocycles. The molecule has 2 aromatic rings. The number of likely N-dealkylation sites (N-methyl/N-ethyl adjacent to an activating group) is 1. The first-order chi connectivity index (χ1) is 8.58. The molecular formula is C12H20ClN5. The molecule has 6 heteroatoms. The van der Waals surface area contributed by atoms with Gasteiger partial charge in [0, 0.05) is 19.6 Å². The van der Waals surface area contributed by atoms with E-state index in [9.17, 15) is 0 Å². The van der Waals surface area contributed by atoms with Gasteiger partial charge in [-0.25, -0.2) is 9.67 Å². The molecular weight excluding hydrogens is 250 g/mol. The van der Waals surface area contributed by atoms with Crippen molar-refractivity contribution < 1.29 is 0 Å². The van der Waals surface area contributed by atoms with E-state index >= 15 is 0 Å². The molecule has 0 radical (unpaired) electrons. The van der Waals surface area contributed by atoms with Crippen molar-refractivity contribution in [3.05, 3.63) is 11.5 Å². The van der Waals surface area contributed by atoms with Crippen molar-refractivity contribution in [3.63, 3.8) is 0 Å². The normalized spacial score (nSPS) is 11.9. The van der Waals surface area contributed by atoms with Crippen LogP contribution in [0.3, 0.4) is 0 Å². The fourth-order valence-electron chi connectivity index (χ4n) is 2.13. The minimum atomic E-state index is 0.436. The van der Waals surface area contributed by atoms with Crippen molar-refractivity contribution >= 4 is 22.8 Å². The van der Waals surface area contributed by atoms with Gasteiger partial charge in [0.25, 0.3) is 0 Å². The third-order valence-corrected chi connectivity index (χ3v) is 3.31. The Labute approximate surface area is 112 Å². The second kappa shape index (κ2) is 5.28. The first-order valence-electron chi connectivity index (χ1n) is 6.21. The average molecular weight is 270 g/mol. The smallest absolute Gasteiger partial charge is 0.158 e. The van der Waals surface area contributed by atoms with Crippen molar-refractivity contribution in [1.29, 1.82) is 0 Å². The molecule has 0 N–H and O–H groups in total. The number of alkyl halides is 1. The molecule has 2 heterocycles. The number of rotatable bonds is 5. The van der Waals surface area contributed by atoms with Gasteiger partial charge in [0.2, 0.25) is 0 Å². The van der Waals surface area contributed by atoms with Crippen molar-refractivity contribution in [2.24, 2.45) is 0 Å². The minimum Gasteiger partial charge on any atom is -0.311 e. The van der Waals surface area contributed by atoms with Gasteiger partial charge in [-0.3, -0.25) is 0 Å². The van der Waals surface area contributed by atoms with E-state index < -0.39 is 0 Å². The summed E-state index contributed by atoms with van der Waals surface area (Å²) in [4.78, 5) is 6.76. The molecule has 2 aromatic heterocycles. The maximum Gasteiger partial charge on any atom is 0.158 e. The fraction of sp³-hybridized carbons (Fsp3) is 0.667. The van der Waals surface area contributed by atoms with E-state index in [1.807, 2.05) is 11.6 Å².